The van der Waals surface area contributed by atoms with Crippen molar-refractivity contribution in [3.63, 3.8) is 0 Å². The number of halogens is 3. The largest absolute Gasteiger partial charge is 0.491 e. The van der Waals surface area contributed by atoms with Gasteiger partial charge < -0.3 is 4.74 Å². The molecule has 0 saturated carbocycles. The average Bonchev–Trinajstić information content (AvgIpc) is 2.27. The van der Waals surface area contributed by atoms with Crippen LogP contribution in [-0.2, 0) is 4.79 Å². The van der Waals surface area contributed by atoms with Gasteiger partial charge in [0.05, 0.1) is 10.9 Å². The van der Waals surface area contributed by atoms with Gasteiger partial charge in [-0.15, -0.1) is 0 Å². The molecule has 0 bridgehead atoms. The lowest BCUT2D eigenvalue weighted by molar-refractivity contribution is -0.190. The number of hydrogen-bond donors (Lipinski definition) is 1. The summed E-state index contributed by atoms with van der Waals surface area (Å²) in [6.07, 6.45) is -5.15. The SMILES string of the molecule is O=C(Oc1nc2ccccc2c(=O)[nH]1)C(F)(F)F. The van der Waals surface area contributed by atoms with Crippen molar-refractivity contribution >= 4 is 16.9 Å². The van der Waals surface area contributed by atoms with Gasteiger partial charge in [-0.25, -0.2) is 4.79 Å². The highest BCUT2D eigenvalue weighted by Gasteiger charge is 2.41. The Balaban J connectivity index is 2.42. The van der Waals surface area contributed by atoms with Gasteiger partial charge in [0, 0.05) is 0 Å². The van der Waals surface area contributed by atoms with Crippen molar-refractivity contribution < 1.29 is 22.7 Å². The van der Waals surface area contributed by atoms with E-state index in [4.69, 9.17) is 0 Å². The van der Waals surface area contributed by atoms with Crippen molar-refractivity contribution in [1.29, 1.82) is 0 Å². The Morgan fingerprint density at radius 2 is 1.94 bits per heavy atom. The number of ether oxygens (including phenoxy) is 1. The van der Waals surface area contributed by atoms with Crippen LogP contribution >= 0.6 is 0 Å². The van der Waals surface area contributed by atoms with E-state index >= 15 is 0 Å². The predicted octanol–water partition coefficient (Wildman–Crippen LogP) is 1.39. The van der Waals surface area contributed by atoms with Crippen LogP contribution in [0.4, 0.5) is 13.2 Å². The van der Waals surface area contributed by atoms with Crippen LogP contribution in [0.2, 0.25) is 0 Å². The summed E-state index contributed by atoms with van der Waals surface area (Å²) in [5, 5.41) is 0.185. The van der Waals surface area contributed by atoms with Gasteiger partial charge in [0.1, 0.15) is 0 Å². The topological polar surface area (TPSA) is 72.0 Å². The van der Waals surface area contributed by atoms with Crippen molar-refractivity contribution in [3.05, 3.63) is 34.6 Å². The third kappa shape index (κ3) is 2.31. The molecule has 5 nitrogen and oxygen atoms in total. The van der Waals surface area contributed by atoms with E-state index < -0.39 is 23.7 Å². The summed E-state index contributed by atoms with van der Waals surface area (Å²) < 4.78 is 39.8. The lowest BCUT2D eigenvalue weighted by Crippen LogP contribution is -2.29. The molecule has 94 valence electrons. The lowest BCUT2D eigenvalue weighted by atomic mass is 10.2. The van der Waals surface area contributed by atoms with Gasteiger partial charge in [0.2, 0.25) is 0 Å². The number of para-hydroxylation sites is 1. The fourth-order valence-corrected chi connectivity index (χ4v) is 1.26. The standard InChI is InChI=1S/C10H5F3N2O3/c11-10(12,13)8(17)18-9-14-6-4-2-1-3-5(6)7(16)15-9/h1-4H,(H,14,15,16). The Morgan fingerprint density at radius 3 is 2.61 bits per heavy atom. The van der Waals surface area contributed by atoms with E-state index in [2.05, 4.69) is 9.72 Å². The number of benzene rings is 1. The average molecular weight is 258 g/mol. The second-order valence-corrected chi connectivity index (χ2v) is 3.28. The maximum absolute atomic E-state index is 12.0. The zero-order chi connectivity index (χ0) is 13.3. The second-order valence-electron chi connectivity index (χ2n) is 3.28. The molecule has 1 N–H and O–H groups in total. The van der Waals surface area contributed by atoms with Gasteiger partial charge >= 0.3 is 18.2 Å². The first kappa shape index (κ1) is 12.1. The minimum Gasteiger partial charge on any atom is -0.385 e. The maximum Gasteiger partial charge on any atom is 0.491 e. The first-order valence-corrected chi connectivity index (χ1v) is 4.66. The number of hydrogen-bond acceptors (Lipinski definition) is 4. The Morgan fingerprint density at radius 1 is 1.28 bits per heavy atom. The molecule has 0 amide bonds. The summed E-state index contributed by atoms with van der Waals surface area (Å²) in [5.41, 5.74) is -0.559. The van der Waals surface area contributed by atoms with Gasteiger partial charge in [-0.1, -0.05) is 12.1 Å². The summed E-state index contributed by atoms with van der Waals surface area (Å²) in [7, 11) is 0. The third-order valence-electron chi connectivity index (χ3n) is 2.01. The lowest BCUT2D eigenvalue weighted by Gasteiger charge is -2.06. The van der Waals surface area contributed by atoms with Crippen molar-refractivity contribution in [1.82, 2.24) is 9.97 Å². The van der Waals surface area contributed by atoms with Crippen LogP contribution in [0.5, 0.6) is 6.01 Å². The van der Waals surface area contributed by atoms with Crippen molar-refractivity contribution in [2.75, 3.05) is 0 Å². The van der Waals surface area contributed by atoms with Crippen LogP contribution < -0.4 is 10.3 Å². The minimum absolute atomic E-state index is 0.131. The number of nitrogens with one attached hydrogen (secondary N) is 1. The molecule has 18 heavy (non-hydrogen) atoms. The van der Waals surface area contributed by atoms with Crippen molar-refractivity contribution in [2.24, 2.45) is 0 Å². The molecule has 0 fully saturated rings. The van der Waals surface area contributed by atoms with Crippen LogP contribution in [0.1, 0.15) is 0 Å². The van der Waals surface area contributed by atoms with Gasteiger partial charge in [-0.05, 0) is 12.1 Å². The van der Waals surface area contributed by atoms with Crippen molar-refractivity contribution in [3.8, 4) is 6.01 Å². The van der Waals surface area contributed by atoms with E-state index in [-0.39, 0.29) is 10.9 Å². The van der Waals surface area contributed by atoms with E-state index in [9.17, 15) is 22.8 Å². The molecule has 0 aliphatic heterocycles. The highest BCUT2D eigenvalue weighted by molar-refractivity contribution is 5.79. The van der Waals surface area contributed by atoms with Crippen molar-refractivity contribution in [2.45, 2.75) is 6.18 Å². The number of esters is 1. The molecule has 0 saturated heterocycles. The highest BCUT2D eigenvalue weighted by atomic mass is 19.4. The number of nitrogens with zero attached hydrogens (tertiary/aromatic N) is 1. The maximum atomic E-state index is 12.0. The molecular weight excluding hydrogens is 253 g/mol. The molecule has 0 aliphatic carbocycles. The molecule has 0 atom stereocenters. The smallest absolute Gasteiger partial charge is 0.385 e. The van der Waals surface area contributed by atoms with Gasteiger partial charge in [0.15, 0.2) is 0 Å². The van der Waals surface area contributed by atoms with Gasteiger partial charge in [-0.2, -0.15) is 18.2 Å². The summed E-state index contributed by atoms with van der Waals surface area (Å²) in [6.45, 7) is 0. The predicted molar refractivity (Wildman–Crippen MR) is 54.1 cm³/mol. The molecular formula is C10H5F3N2O3. The van der Waals surface area contributed by atoms with Crippen LogP contribution in [0.25, 0.3) is 10.9 Å². The van der Waals surface area contributed by atoms with E-state index in [0.29, 0.717) is 0 Å². The van der Waals surface area contributed by atoms with E-state index in [1.807, 2.05) is 4.98 Å². The summed E-state index contributed by atoms with van der Waals surface area (Å²) in [6, 6.07) is 5.18. The third-order valence-corrected chi connectivity index (χ3v) is 2.01. The van der Waals surface area contributed by atoms with Crippen LogP contribution in [0, 0.1) is 0 Å². The van der Waals surface area contributed by atoms with E-state index in [0.717, 1.165) is 0 Å². The molecule has 2 rings (SSSR count). The number of carbonyl (C=O) groups is 1. The molecule has 2 aromatic rings. The number of fused-ring (bicyclic) bond motifs is 1. The Labute approximate surface area is 97.2 Å². The van der Waals surface area contributed by atoms with Crippen LogP contribution in [0.3, 0.4) is 0 Å². The monoisotopic (exact) mass is 258 g/mol. The van der Waals surface area contributed by atoms with E-state index in [1.165, 1.54) is 12.1 Å². The van der Waals surface area contributed by atoms with E-state index in [1.54, 1.807) is 12.1 Å². The summed E-state index contributed by atoms with van der Waals surface area (Å²) in [5.74, 6) is -2.44. The van der Waals surface area contributed by atoms with Crippen LogP contribution in [0.15, 0.2) is 29.1 Å². The zero-order valence-electron chi connectivity index (χ0n) is 8.62. The molecule has 1 heterocycles. The fraction of sp³-hybridized carbons (Fsp3) is 0.100. The fourth-order valence-electron chi connectivity index (χ4n) is 1.26. The van der Waals surface area contributed by atoms with Gasteiger partial charge in [0.25, 0.3) is 5.56 Å². The van der Waals surface area contributed by atoms with Gasteiger partial charge in [-0.3, -0.25) is 9.78 Å². The molecule has 1 aromatic carbocycles. The minimum atomic E-state index is -5.15. The Bertz CT molecular complexity index is 663. The first-order chi connectivity index (χ1) is 8.38. The highest BCUT2D eigenvalue weighted by Crippen LogP contribution is 2.18. The Hall–Kier alpha value is -2.38. The normalized spacial score (nSPS) is 11.5. The number of aromatic amines is 1. The Kier molecular flexibility index (Phi) is 2.77. The second kappa shape index (κ2) is 4.13. The molecule has 0 unspecified atom stereocenters. The zero-order valence-corrected chi connectivity index (χ0v) is 8.62. The number of aromatic nitrogens is 2. The molecule has 0 aliphatic rings. The molecule has 1 aromatic heterocycles. The first-order valence-electron chi connectivity index (χ1n) is 4.66. The summed E-state index contributed by atoms with van der Waals surface area (Å²) >= 11 is 0. The molecule has 0 radical (unpaired) electrons. The molecule has 0 spiro atoms. The quantitative estimate of drug-likeness (QED) is 0.784. The number of carbonyl (C=O) groups excluding carboxylic acids is 1. The summed E-state index contributed by atoms with van der Waals surface area (Å²) in [4.78, 5) is 27.6. The van der Waals surface area contributed by atoms with Crippen LogP contribution in [-0.4, -0.2) is 22.1 Å². The number of alkyl halides is 3. The number of rotatable bonds is 1. The number of H-pyrrole nitrogens is 1. The molecule has 8 heteroatoms.